The zero-order chi connectivity index (χ0) is 13.0. The van der Waals surface area contributed by atoms with Crippen LogP contribution >= 0.6 is 0 Å². The zero-order valence-electron chi connectivity index (χ0n) is 11.6. The van der Waals surface area contributed by atoms with Crippen LogP contribution in [0.15, 0.2) is 29.3 Å². The Hall–Kier alpha value is -1.51. The van der Waals surface area contributed by atoms with Crippen molar-refractivity contribution < 1.29 is 0 Å². The fraction of sp³-hybridized carbons (Fsp3) is 0.533. The molecule has 0 amide bonds. The normalized spacial score (nSPS) is 15.8. The van der Waals surface area contributed by atoms with Crippen LogP contribution in [0, 0.1) is 6.92 Å². The van der Waals surface area contributed by atoms with Gasteiger partial charge in [-0.2, -0.15) is 0 Å². The molecule has 3 heteroatoms. The van der Waals surface area contributed by atoms with E-state index in [0.29, 0.717) is 0 Å². The van der Waals surface area contributed by atoms with Gasteiger partial charge in [-0.25, -0.2) is 0 Å². The summed E-state index contributed by atoms with van der Waals surface area (Å²) in [5.74, 6) is 0.946. The Kier molecular flexibility index (Phi) is 3.90. The Bertz CT molecular complexity index is 435. The van der Waals surface area contributed by atoms with Crippen molar-refractivity contribution in [1.82, 2.24) is 10.6 Å². The maximum atomic E-state index is 4.44. The first-order valence-electron chi connectivity index (χ1n) is 6.67. The minimum absolute atomic E-state index is 0.105. The summed E-state index contributed by atoms with van der Waals surface area (Å²) in [5.41, 5.74) is 2.79. The average Bonchev–Trinajstić information content (AvgIpc) is 2.38. The Labute approximate surface area is 110 Å². The topological polar surface area (TPSA) is 36.4 Å². The van der Waals surface area contributed by atoms with E-state index in [9.17, 15) is 0 Å². The molecule has 98 valence electrons. The Morgan fingerprint density at radius 3 is 2.89 bits per heavy atom. The second kappa shape index (κ2) is 5.42. The van der Waals surface area contributed by atoms with Crippen LogP contribution in [-0.4, -0.2) is 25.6 Å². The molecule has 0 fully saturated rings. The van der Waals surface area contributed by atoms with E-state index >= 15 is 0 Å². The molecule has 1 aromatic carbocycles. The quantitative estimate of drug-likeness (QED) is 0.856. The van der Waals surface area contributed by atoms with E-state index in [-0.39, 0.29) is 5.41 Å². The fourth-order valence-corrected chi connectivity index (χ4v) is 2.12. The van der Waals surface area contributed by atoms with Crippen LogP contribution in [0.4, 0.5) is 0 Å². The standard InChI is InChI=1S/C15H23N3/c1-12-6-4-7-13(10-12)15(2,3)11-18-14-16-8-5-9-17-14/h4,6-7,10H,5,8-9,11H2,1-3H3,(H2,16,17,18). The number of hydrogen-bond donors (Lipinski definition) is 2. The third kappa shape index (κ3) is 3.25. The molecule has 0 aromatic heterocycles. The van der Waals surface area contributed by atoms with E-state index < -0.39 is 0 Å². The van der Waals surface area contributed by atoms with Crippen molar-refractivity contribution >= 4 is 5.96 Å². The number of guanidine groups is 1. The molecule has 0 spiro atoms. The first kappa shape index (κ1) is 12.9. The molecule has 0 aliphatic carbocycles. The lowest BCUT2D eigenvalue weighted by molar-refractivity contribution is 0.505. The molecule has 2 N–H and O–H groups in total. The van der Waals surface area contributed by atoms with Crippen molar-refractivity contribution in [2.24, 2.45) is 4.99 Å². The third-order valence-electron chi connectivity index (χ3n) is 3.39. The molecule has 1 heterocycles. The van der Waals surface area contributed by atoms with Crippen molar-refractivity contribution in [2.45, 2.75) is 32.6 Å². The van der Waals surface area contributed by atoms with Gasteiger partial charge >= 0.3 is 0 Å². The highest BCUT2D eigenvalue weighted by atomic mass is 15.2. The van der Waals surface area contributed by atoms with Gasteiger partial charge in [0.05, 0.1) is 0 Å². The molecule has 1 aromatic rings. The highest BCUT2D eigenvalue weighted by Gasteiger charge is 2.21. The monoisotopic (exact) mass is 245 g/mol. The van der Waals surface area contributed by atoms with Crippen LogP contribution in [0.5, 0.6) is 0 Å². The van der Waals surface area contributed by atoms with E-state index in [1.165, 1.54) is 11.1 Å². The smallest absolute Gasteiger partial charge is 0.191 e. The van der Waals surface area contributed by atoms with Gasteiger partial charge in [0, 0.05) is 25.0 Å². The Morgan fingerprint density at radius 1 is 1.39 bits per heavy atom. The Morgan fingerprint density at radius 2 is 2.22 bits per heavy atom. The summed E-state index contributed by atoms with van der Waals surface area (Å²) in [6, 6.07) is 8.73. The molecule has 18 heavy (non-hydrogen) atoms. The lowest BCUT2D eigenvalue weighted by atomic mass is 9.84. The number of benzene rings is 1. The minimum Gasteiger partial charge on any atom is -0.356 e. The number of rotatable bonds is 3. The van der Waals surface area contributed by atoms with Crippen molar-refractivity contribution in [2.75, 3.05) is 19.6 Å². The number of hydrogen-bond acceptors (Lipinski definition) is 3. The van der Waals surface area contributed by atoms with Gasteiger partial charge in [-0.3, -0.25) is 4.99 Å². The lowest BCUT2D eigenvalue weighted by Crippen LogP contribution is -2.45. The highest BCUT2D eigenvalue weighted by Crippen LogP contribution is 2.22. The summed E-state index contributed by atoms with van der Waals surface area (Å²) >= 11 is 0. The van der Waals surface area contributed by atoms with Crippen LogP contribution in [0.3, 0.4) is 0 Å². The maximum absolute atomic E-state index is 4.44. The molecule has 1 aliphatic heterocycles. The number of nitrogens with zero attached hydrogens (tertiary/aromatic N) is 1. The van der Waals surface area contributed by atoms with Gasteiger partial charge in [0.25, 0.3) is 0 Å². The molecule has 0 bridgehead atoms. The second-order valence-corrected chi connectivity index (χ2v) is 5.62. The summed E-state index contributed by atoms with van der Waals surface area (Å²) in [7, 11) is 0. The van der Waals surface area contributed by atoms with E-state index in [0.717, 1.165) is 32.0 Å². The molecular weight excluding hydrogens is 222 g/mol. The number of aliphatic imine (C=N–C) groups is 1. The molecule has 0 saturated carbocycles. The van der Waals surface area contributed by atoms with Crippen molar-refractivity contribution in [1.29, 1.82) is 0 Å². The van der Waals surface area contributed by atoms with Gasteiger partial charge in [0.1, 0.15) is 0 Å². The summed E-state index contributed by atoms with van der Waals surface area (Å²) in [6.07, 6.45) is 1.13. The minimum atomic E-state index is 0.105. The summed E-state index contributed by atoms with van der Waals surface area (Å²) < 4.78 is 0. The van der Waals surface area contributed by atoms with Crippen LogP contribution in [0.1, 0.15) is 31.4 Å². The van der Waals surface area contributed by atoms with Crippen molar-refractivity contribution in [3.05, 3.63) is 35.4 Å². The molecule has 3 nitrogen and oxygen atoms in total. The van der Waals surface area contributed by atoms with Gasteiger partial charge in [0.2, 0.25) is 0 Å². The maximum Gasteiger partial charge on any atom is 0.191 e. The van der Waals surface area contributed by atoms with E-state index in [1.54, 1.807) is 0 Å². The van der Waals surface area contributed by atoms with E-state index in [1.807, 2.05) is 0 Å². The summed E-state index contributed by atoms with van der Waals surface area (Å²) in [4.78, 5) is 4.44. The van der Waals surface area contributed by atoms with Crippen LogP contribution in [-0.2, 0) is 5.41 Å². The van der Waals surface area contributed by atoms with Crippen LogP contribution in [0.25, 0.3) is 0 Å². The Balaban J connectivity index is 2.00. The molecule has 1 aliphatic rings. The zero-order valence-corrected chi connectivity index (χ0v) is 11.6. The van der Waals surface area contributed by atoms with E-state index in [2.05, 4.69) is 60.7 Å². The fourth-order valence-electron chi connectivity index (χ4n) is 2.12. The highest BCUT2D eigenvalue weighted by molar-refractivity contribution is 5.80. The predicted molar refractivity (Wildman–Crippen MR) is 77.1 cm³/mol. The van der Waals surface area contributed by atoms with Gasteiger partial charge in [-0.05, 0) is 18.9 Å². The average molecular weight is 245 g/mol. The molecule has 0 radical (unpaired) electrons. The first-order chi connectivity index (χ1) is 8.58. The number of aryl methyl sites for hydroxylation is 1. The predicted octanol–water partition coefficient (Wildman–Crippen LogP) is 2.21. The van der Waals surface area contributed by atoms with Gasteiger partial charge in [0.15, 0.2) is 5.96 Å². The van der Waals surface area contributed by atoms with Crippen molar-refractivity contribution in [3.8, 4) is 0 Å². The number of nitrogens with one attached hydrogen (secondary N) is 2. The second-order valence-electron chi connectivity index (χ2n) is 5.62. The molecule has 0 atom stereocenters. The van der Waals surface area contributed by atoms with Crippen molar-refractivity contribution in [3.63, 3.8) is 0 Å². The van der Waals surface area contributed by atoms with Gasteiger partial charge < -0.3 is 10.6 Å². The van der Waals surface area contributed by atoms with Crippen LogP contribution < -0.4 is 10.6 Å². The van der Waals surface area contributed by atoms with Gasteiger partial charge in [-0.1, -0.05) is 43.7 Å². The summed E-state index contributed by atoms with van der Waals surface area (Å²) in [6.45, 7) is 9.51. The lowest BCUT2D eigenvalue weighted by Gasteiger charge is -2.28. The first-order valence-corrected chi connectivity index (χ1v) is 6.67. The van der Waals surface area contributed by atoms with E-state index in [4.69, 9.17) is 0 Å². The molecule has 0 unspecified atom stereocenters. The SMILES string of the molecule is Cc1cccc(C(C)(C)CNC2=NCCCN2)c1. The third-order valence-corrected chi connectivity index (χ3v) is 3.39. The largest absolute Gasteiger partial charge is 0.356 e. The molecule has 2 rings (SSSR count). The molecular formula is C15H23N3. The summed E-state index contributed by atoms with van der Waals surface area (Å²) in [5, 5.41) is 6.71. The van der Waals surface area contributed by atoms with Gasteiger partial charge in [-0.15, -0.1) is 0 Å². The van der Waals surface area contributed by atoms with Crippen LogP contribution in [0.2, 0.25) is 0 Å². The molecule has 0 saturated heterocycles.